The van der Waals surface area contributed by atoms with E-state index in [1.165, 1.54) is 6.92 Å². The molecule has 1 fully saturated rings. The highest BCUT2D eigenvalue weighted by Crippen LogP contribution is 2.39. The van der Waals surface area contributed by atoms with Crippen LogP contribution in [0.5, 0.6) is 0 Å². The fraction of sp³-hybridized carbons (Fsp3) is 0.361. The zero-order valence-electron chi connectivity index (χ0n) is 26.3. The Morgan fingerprint density at radius 3 is 2.38 bits per heavy atom. The Morgan fingerprint density at radius 2 is 1.68 bits per heavy atom. The summed E-state index contributed by atoms with van der Waals surface area (Å²) in [6, 6.07) is 23.9. The van der Waals surface area contributed by atoms with Gasteiger partial charge in [-0.3, -0.25) is 9.59 Å². The van der Waals surface area contributed by atoms with Gasteiger partial charge >= 0.3 is 0 Å². The molecule has 2 amide bonds. The molecule has 2 heterocycles. The highest BCUT2D eigenvalue weighted by molar-refractivity contribution is 6.40. The molecule has 0 aliphatic carbocycles. The molecule has 9 nitrogen and oxygen atoms in total. The van der Waals surface area contributed by atoms with Crippen LogP contribution in [-0.2, 0) is 38.8 Å². The summed E-state index contributed by atoms with van der Waals surface area (Å²) in [5.41, 5.74) is 5.76. The van der Waals surface area contributed by atoms with E-state index < -0.39 is 6.29 Å². The molecule has 1 aliphatic heterocycles. The van der Waals surface area contributed by atoms with E-state index in [1.807, 2.05) is 72.8 Å². The van der Waals surface area contributed by atoms with E-state index >= 15 is 0 Å². The van der Waals surface area contributed by atoms with E-state index in [9.17, 15) is 14.7 Å². The van der Waals surface area contributed by atoms with E-state index in [0.717, 1.165) is 52.6 Å². The van der Waals surface area contributed by atoms with Crippen molar-refractivity contribution in [3.8, 4) is 11.1 Å². The van der Waals surface area contributed by atoms with Crippen molar-refractivity contribution in [2.75, 3.05) is 6.54 Å². The Bertz CT molecular complexity index is 1630. The number of rotatable bonds is 14. The van der Waals surface area contributed by atoms with Crippen LogP contribution < -0.4 is 10.6 Å². The molecule has 11 heteroatoms. The number of carbonyl (C=O) groups excluding carboxylic acids is 2. The second kappa shape index (κ2) is 16.9. The van der Waals surface area contributed by atoms with Crippen molar-refractivity contribution in [2.45, 2.75) is 77.2 Å². The van der Waals surface area contributed by atoms with Crippen LogP contribution in [0.1, 0.15) is 73.7 Å². The van der Waals surface area contributed by atoms with Crippen LogP contribution in [0.3, 0.4) is 0 Å². The van der Waals surface area contributed by atoms with Gasteiger partial charge < -0.3 is 29.8 Å². The van der Waals surface area contributed by atoms with Gasteiger partial charge in [-0.2, -0.15) is 0 Å². The molecule has 1 aromatic heterocycles. The third-order valence-corrected chi connectivity index (χ3v) is 8.96. The fourth-order valence-corrected chi connectivity index (χ4v) is 5.95. The molecule has 3 N–H and O–H groups in total. The van der Waals surface area contributed by atoms with E-state index in [0.29, 0.717) is 37.6 Å². The molecule has 0 bridgehead atoms. The first-order chi connectivity index (χ1) is 22.8. The molecule has 3 atom stereocenters. The first kappa shape index (κ1) is 34.6. The van der Waals surface area contributed by atoms with Gasteiger partial charge in [0.2, 0.25) is 11.8 Å². The van der Waals surface area contributed by atoms with Crippen LogP contribution in [0, 0.1) is 0 Å². The number of amides is 2. The molecular weight excluding hydrogens is 639 g/mol. The summed E-state index contributed by atoms with van der Waals surface area (Å²) in [7, 11) is 0. The number of halogens is 2. The lowest BCUT2D eigenvalue weighted by Crippen LogP contribution is -2.32. The molecule has 1 saturated heterocycles. The van der Waals surface area contributed by atoms with Crippen LogP contribution in [0.25, 0.3) is 11.1 Å². The summed E-state index contributed by atoms with van der Waals surface area (Å²) >= 11 is 12.5. The van der Waals surface area contributed by atoms with E-state index in [4.69, 9.17) is 32.7 Å². The molecule has 1 aliphatic rings. The highest BCUT2D eigenvalue weighted by Gasteiger charge is 2.33. The Morgan fingerprint density at radius 1 is 0.936 bits per heavy atom. The predicted octanol–water partition coefficient (Wildman–Crippen LogP) is 6.91. The molecule has 0 unspecified atom stereocenters. The normalized spacial score (nSPS) is 17.7. The molecule has 0 spiro atoms. The number of unbranched alkanes of at least 4 members (excludes halogenated alkanes) is 2. The zero-order valence-corrected chi connectivity index (χ0v) is 27.8. The number of nitrogens with zero attached hydrogens (tertiary/aromatic N) is 2. The molecule has 4 aromatic rings. The van der Waals surface area contributed by atoms with Crippen LogP contribution in [0.2, 0.25) is 10.3 Å². The lowest BCUT2D eigenvalue weighted by Gasteiger charge is -2.36. The monoisotopic (exact) mass is 678 g/mol. The smallest absolute Gasteiger partial charge is 0.220 e. The second-order valence-corrected chi connectivity index (χ2v) is 12.4. The number of aliphatic hydroxyl groups excluding tert-OH is 1. The third kappa shape index (κ3) is 9.65. The van der Waals surface area contributed by atoms with Crippen molar-refractivity contribution in [1.29, 1.82) is 0 Å². The SMILES string of the molecule is CC(=O)NCCCCCC(=O)NCc1ccccc1-c1ccc([C@H]2O[C@@H](Cn3cnc(Cl)c3Cl)C[C@@H](c3ccc(CO)cc3)O2)cc1. The minimum Gasteiger partial charge on any atom is -0.392 e. The Kier molecular flexibility index (Phi) is 12.4. The Labute approximate surface area is 285 Å². The van der Waals surface area contributed by atoms with E-state index in [1.54, 1.807) is 10.9 Å². The van der Waals surface area contributed by atoms with Crippen molar-refractivity contribution in [2.24, 2.45) is 0 Å². The topological polar surface area (TPSA) is 115 Å². The Balaban J connectivity index is 1.25. The zero-order chi connectivity index (χ0) is 33.2. The lowest BCUT2D eigenvalue weighted by atomic mass is 9.97. The summed E-state index contributed by atoms with van der Waals surface area (Å²) in [4.78, 5) is 27.6. The van der Waals surface area contributed by atoms with Gasteiger partial charge in [0.15, 0.2) is 11.4 Å². The van der Waals surface area contributed by atoms with Crippen LogP contribution >= 0.6 is 23.2 Å². The molecule has 0 saturated carbocycles. The van der Waals surface area contributed by atoms with Gasteiger partial charge in [0.1, 0.15) is 5.15 Å². The number of aromatic nitrogens is 2. The second-order valence-electron chi connectivity index (χ2n) is 11.7. The Hall–Kier alpha value is -3.73. The van der Waals surface area contributed by atoms with Crippen molar-refractivity contribution in [1.82, 2.24) is 20.2 Å². The maximum atomic E-state index is 12.5. The number of imidazole rings is 1. The van der Waals surface area contributed by atoms with Crippen LogP contribution in [-0.4, -0.2) is 39.1 Å². The van der Waals surface area contributed by atoms with Gasteiger partial charge in [-0.15, -0.1) is 0 Å². The fourth-order valence-electron chi connectivity index (χ4n) is 5.63. The maximum absolute atomic E-state index is 12.5. The molecule has 248 valence electrons. The van der Waals surface area contributed by atoms with Gasteiger partial charge in [0.05, 0.1) is 31.7 Å². The molecule has 47 heavy (non-hydrogen) atoms. The van der Waals surface area contributed by atoms with Gasteiger partial charge in [-0.1, -0.05) is 102 Å². The number of carbonyl (C=O) groups is 2. The third-order valence-electron chi connectivity index (χ3n) is 8.19. The van der Waals surface area contributed by atoms with Gasteiger partial charge in [0.25, 0.3) is 0 Å². The number of nitrogens with one attached hydrogen (secondary N) is 2. The quantitative estimate of drug-likeness (QED) is 0.125. The maximum Gasteiger partial charge on any atom is 0.220 e. The average Bonchev–Trinajstić information content (AvgIpc) is 3.41. The van der Waals surface area contributed by atoms with Gasteiger partial charge in [-0.05, 0) is 40.7 Å². The van der Waals surface area contributed by atoms with Crippen molar-refractivity contribution >= 4 is 35.0 Å². The highest BCUT2D eigenvalue weighted by atomic mass is 35.5. The number of ether oxygens (including phenoxy) is 2. The van der Waals surface area contributed by atoms with Gasteiger partial charge in [0, 0.05) is 38.4 Å². The van der Waals surface area contributed by atoms with Crippen LogP contribution in [0.4, 0.5) is 0 Å². The van der Waals surface area contributed by atoms with Crippen molar-refractivity contribution in [3.05, 3.63) is 112 Å². The summed E-state index contributed by atoms with van der Waals surface area (Å²) in [5.74, 6) is -0.0235. The standard InChI is InChI=1S/C36H40Cl2N4O5/c1-24(44)39-18-6-2-3-9-33(45)40-20-29-7-4-5-8-31(29)26-14-16-28(17-15-26)36-46-30(21-42-23-41-34(37)35(42)38)19-32(47-36)27-12-10-25(22-43)11-13-27/h4-5,7-8,10-17,23,30,32,36,43H,2-3,6,9,18-22H2,1H3,(H,39,44)(H,40,45)/t30-,32+,36+/m1/s1. The lowest BCUT2D eigenvalue weighted by molar-refractivity contribution is -0.252. The van der Waals surface area contributed by atoms with E-state index in [2.05, 4.69) is 15.6 Å². The number of hydrogen-bond donors (Lipinski definition) is 3. The average molecular weight is 680 g/mol. The largest absolute Gasteiger partial charge is 0.392 e. The number of benzene rings is 3. The predicted molar refractivity (Wildman–Crippen MR) is 182 cm³/mol. The summed E-state index contributed by atoms with van der Waals surface area (Å²) in [6.07, 6.45) is 4.06. The molecule has 3 aromatic carbocycles. The number of aliphatic hydroxyl groups is 1. The summed E-state index contributed by atoms with van der Waals surface area (Å²) in [5, 5.41) is 15.9. The number of hydrogen-bond acceptors (Lipinski definition) is 6. The van der Waals surface area contributed by atoms with Crippen molar-refractivity contribution < 1.29 is 24.2 Å². The minimum absolute atomic E-state index is 0.00985. The molecule has 0 radical (unpaired) electrons. The molecule has 5 rings (SSSR count). The summed E-state index contributed by atoms with van der Waals surface area (Å²) < 4.78 is 14.7. The van der Waals surface area contributed by atoms with E-state index in [-0.39, 0.29) is 35.8 Å². The molecular formula is C36H40Cl2N4O5. The summed E-state index contributed by atoms with van der Waals surface area (Å²) in [6.45, 7) is 3.00. The minimum atomic E-state index is -0.629. The van der Waals surface area contributed by atoms with Crippen molar-refractivity contribution in [3.63, 3.8) is 0 Å². The van der Waals surface area contributed by atoms with Gasteiger partial charge in [-0.25, -0.2) is 4.98 Å². The first-order valence-corrected chi connectivity index (χ1v) is 16.6. The first-order valence-electron chi connectivity index (χ1n) is 15.9. The van der Waals surface area contributed by atoms with Crippen LogP contribution in [0.15, 0.2) is 79.1 Å².